The minimum absolute atomic E-state index is 0.146. The van der Waals surface area contributed by atoms with Gasteiger partial charge in [0.2, 0.25) is 11.8 Å². The van der Waals surface area contributed by atoms with Crippen LogP contribution in [0.15, 0.2) is 11.6 Å². The normalized spacial score (nSPS) is 25.9. The molecule has 0 aromatic heterocycles. The summed E-state index contributed by atoms with van der Waals surface area (Å²) in [7, 11) is 0. The maximum Gasteiger partial charge on any atom is 0.331 e. The number of nitrogens with two attached hydrogens (primary N) is 1. The van der Waals surface area contributed by atoms with E-state index in [-0.39, 0.29) is 29.7 Å². The summed E-state index contributed by atoms with van der Waals surface area (Å²) in [5.74, 6) is -1.81. The van der Waals surface area contributed by atoms with Gasteiger partial charge in [0.1, 0.15) is 0 Å². The van der Waals surface area contributed by atoms with Crippen LogP contribution in [-0.2, 0) is 14.4 Å². The fourth-order valence-electron chi connectivity index (χ4n) is 2.09. The highest BCUT2D eigenvalue weighted by atomic mass is 16.4. The zero-order chi connectivity index (χ0) is 15.4. The summed E-state index contributed by atoms with van der Waals surface area (Å²) in [5, 5.41) is 14.4. The topological polar surface area (TPSA) is 122 Å². The fraction of sp³-hybridized carbons (Fsp3) is 0.615. The van der Waals surface area contributed by atoms with E-state index in [1.165, 1.54) is 13.0 Å². The van der Waals surface area contributed by atoms with Crippen molar-refractivity contribution in [1.82, 2.24) is 10.6 Å². The smallest absolute Gasteiger partial charge is 0.331 e. The van der Waals surface area contributed by atoms with Crippen LogP contribution in [0, 0.1) is 5.92 Å². The lowest BCUT2D eigenvalue weighted by Crippen LogP contribution is -2.61. The van der Waals surface area contributed by atoms with Gasteiger partial charge in [0, 0.05) is 24.5 Å². The highest BCUT2D eigenvalue weighted by Gasteiger charge is 2.34. The number of nitrogens with one attached hydrogen (secondary N) is 2. The number of rotatable bonds is 4. The van der Waals surface area contributed by atoms with Crippen molar-refractivity contribution in [2.75, 3.05) is 0 Å². The molecule has 112 valence electrons. The Labute approximate surface area is 117 Å². The molecule has 0 bridgehead atoms. The van der Waals surface area contributed by atoms with E-state index in [2.05, 4.69) is 10.6 Å². The van der Waals surface area contributed by atoms with Crippen molar-refractivity contribution >= 4 is 17.8 Å². The van der Waals surface area contributed by atoms with Crippen LogP contribution in [0.5, 0.6) is 0 Å². The first-order valence-electron chi connectivity index (χ1n) is 6.49. The molecule has 0 unspecified atom stereocenters. The lowest BCUT2D eigenvalue weighted by Gasteiger charge is -2.35. The molecule has 1 rings (SSSR count). The van der Waals surface area contributed by atoms with Gasteiger partial charge in [-0.3, -0.25) is 9.59 Å². The monoisotopic (exact) mass is 283 g/mol. The summed E-state index contributed by atoms with van der Waals surface area (Å²) in [6.45, 7) is 4.81. The van der Waals surface area contributed by atoms with Gasteiger partial charge < -0.3 is 21.5 Å². The van der Waals surface area contributed by atoms with Gasteiger partial charge in [0.15, 0.2) is 0 Å². The van der Waals surface area contributed by atoms with Gasteiger partial charge in [-0.25, -0.2) is 4.79 Å². The Hall–Kier alpha value is -1.89. The van der Waals surface area contributed by atoms with Crippen LogP contribution in [0.4, 0.5) is 0 Å². The Morgan fingerprint density at radius 3 is 2.40 bits per heavy atom. The Balaban J connectivity index is 2.99. The molecule has 1 aliphatic rings. The number of amides is 2. The molecule has 1 aliphatic carbocycles. The molecule has 0 saturated carbocycles. The second kappa shape index (κ2) is 6.51. The summed E-state index contributed by atoms with van der Waals surface area (Å²) in [6.07, 6.45) is 1.60. The predicted octanol–water partition coefficient (Wildman–Crippen LogP) is -0.626. The van der Waals surface area contributed by atoms with E-state index in [9.17, 15) is 14.4 Å². The first-order chi connectivity index (χ1) is 9.22. The number of carboxylic acids is 1. The van der Waals surface area contributed by atoms with Crippen molar-refractivity contribution in [3.05, 3.63) is 11.6 Å². The summed E-state index contributed by atoms with van der Waals surface area (Å²) in [6, 6.07) is -1.70. The van der Waals surface area contributed by atoms with Crippen LogP contribution >= 0.6 is 0 Å². The third kappa shape index (κ3) is 4.06. The van der Waals surface area contributed by atoms with Crippen molar-refractivity contribution in [1.29, 1.82) is 0 Å². The highest BCUT2D eigenvalue weighted by Crippen LogP contribution is 2.19. The van der Waals surface area contributed by atoms with Crippen molar-refractivity contribution in [3.8, 4) is 0 Å². The first kappa shape index (κ1) is 16.2. The summed E-state index contributed by atoms with van der Waals surface area (Å²) in [5.41, 5.74) is 6.07. The van der Waals surface area contributed by atoms with Crippen molar-refractivity contribution in [2.45, 2.75) is 45.3 Å². The zero-order valence-electron chi connectivity index (χ0n) is 11.8. The SMILES string of the molecule is CC(=O)N[C@@H]1[C@H](N)CC(C(=O)O)=C[C@H]1NC(=O)C(C)C. The van der Waals surface area contributed by atoms with Crippen molar-refractivity contribution in [3.63, 3.8) is 0 Å². The summed E-state index contributed by atoms with van der Waals surface area (Å²) >= 11 is 0. The Kier molecular flexibility index (Phi) is 5.26. The minimum Gasteiger partial charge on any atom is -0.478 e. The molecule has 2 amide bonds. The number of aliphatic carboxylic acids is 1. The van der Waals surface area contributed by atoms with Crippen LogP contribution in [-0.4, -0.2) is 41.0 Å². The van der Waals surface area contributed by atoms with E-state index in [0.29, 0.717) is 0 Å². The van der Waals surface area contributed by atoms with E-state index in [0.717, 1.165) is 0 Å². The van der Waals surface area contributed by atoms with E-state index in [4.69, 9.17) is 10.8 Å². The van der Waals surface area contributed by atoms with E-state index in [1.54, 1.807) is 13.8 Å². The zero-order valence-corrected chi connectivity index (χ0v) is 11.8. The molecule has 0 fully saturated rings. The molecule has 0 heterocycles. The third-order valence-electron chi connectivity index (χ3n) is 3.16. The van der Waals surface area contributed by atoms with Crippen LogP contribution in [0.25, 0.3) is 0 Å². The maximum atomic E-state index is 11.8. The molecule has 0 aromatic carbocycles. The van der Waals surface area contributed by atoms with E-state index in [1.807, 2.05) is 0 Å². The molecule has 20 heavy (non-hydrogen) atoms. The Bertz CT molecular complexity index is 445. The highest BCUT2D eigenvalue weighted by molar-refractivity contribution is 5.88. The largest absolute Gasteiger partial charge is 0.478 e. The third-order valence-corrected chi connectivity index (χ3v) is 3.16. The number of hydrogen-bond donors (Lipinski definition) is 4. The van der Waals surface area contributed by atoms with Gasteiger partial charge in [-0.05, 0) is 12.5 Å². The molecule has 0 spiro atoms. The van der Waals surface area contributed by atoms with E-state index < -0.39 is 24.1 Å². The number of carboxylic acid groups (broad SMARTS) is 1. The average molecular weight is 283 g/mol. The molecule has 0 aromatic rings. The fourth-order valence-corrected chi connectivity index (χ4v) is 2.09. The standard InChI is InChI=1S/C13H21N3O4/c1-6(2)12(18)16-10-5-8(13(19)20)4-9(14)11(10)15-7(3)17/h5-6,9-11H,4,14H2,1-3H3,(H,15,17)(H,16,18)(H,19,20)/t9-,10-,11-/m1/s1. The second-order valence-electron chi connectivity index (χ2n) is 5.28. The molecule has 7 nitrogen and oxygen atoms in total. The van der Waals surface area contributed by atoms with Gasteiger partial charge in [-0.1, -0.05) is 13.8 Å². The van der Waals surface area contributed by atoms with Gasteiger partial charge in [-0.15, -0.1) is 0 Å². The maximum absolute atomic E-state index is 11.8. The van der Waals surface area contributed by atoms with Crippen LogP contribution in [0.2, 0.25) is 0 Å². The molecule has 0 radical (unpaired) electrons. The van der Waals surface area contributed by atoms with Crippen molar-refractivity contribution in [2.24, 2.45) is 11.7 Å². The lowest BCUT2D eigenvalue weighted by molar-refractivity contribution is -0.133. The average Bonchev–Trinajstić information content (AvgIpc) is 2.32. The number of carbonyl (C=O) groups is 3. The molecule has 0 aliphatic heterocycles. The first-order valence-corrected chi connectivity index (χ1v) is 6.49. The summed E-state index contributed by atoms with van der Waals surface area (Å²) < 4.78 is 0. The molecule has 3 atom stereocenters. The predicted molar refractivity (Wildman–Crippen MR) is 72.7 cm³/mol. The quantitative estimate of drug-likeness (QED) is 0.547. The molecular formula is C13H21N3O4. The second-order valence-corrected chi connectivity index (χ2v) is 5.28. The number of hydrogen-bond acceptors (Lipinski definition) is 4. The van der Waals surface area contributed by atoms with Crippen molar-refractivity contribution < 1.29 is 19.5 Å². The lowest BCUT2D eigenvalue weighted by atomic mass is 9.86. The molecule has 0 saturated heterocycles. The van der Waals surface area contributed by atoms with E-state index >= 15 is 0 Å². The molecular weight excluding hydrogens is 262 g/mol. The number of carbonyl (C=O) groups excluding carboxylic acids is 2. The van der Waals surface area contributed by atoms with Gasteiger partial charge in [0.25, 0.3) is 0 Å². The molecule has 7 heteroatoms. The Morgan fingerprint density at radius 1 is 1.35 bits per heavy atom. The van der Waals surface area contributed by atoms with Gasteiger partial charge in [0.05, 0.1) is 12.1 Å². The molecule has 5 N–H and O–H groups in total. The minimum atomic E-state index is -1.06. The van der Waals surface area contributed by atoms with Crippen LogP contribution in [0.1, 0.15) is 27.2 Å². The van der Waals surface area contributed by atoms with Gasteiger partial charge in [-0.2, -0.15) is 0 Å². The summed E-state index contributed by atoms with van der Waals surface area (Å²) in [4.78, 5) is 34.1. The van der Waals surface area contributed by atoms with Crippen LogP contribution < -0.4 is 16.4 Å². The van der Waals surface area contributed by atoms with Gasteiger partial charge >= 0.3 is 5.97 Å². The Morgan fingerprint density at radius 2 is 1.95 bits per heavy atom. The van der Waals surface area contributed by atoms with Crippen LogP contribution in [0.3, 0.4) is 0 Å².